The number of likely N-dealkylation sites (tertiary alicyclic amines) is 1. The molecule has 1 unspecified atom stereocenters. The monoisotopic (exact) mass is 362 g/mol. The van der Waals surface area contributed by atoms with E-state index in [0.29, 0.717) is 19.4 Å². The molecule has 146 valence electrons. The molecule has 6 heteroatoms. The van der Waals surface area contributed by atoms with Gasteiger partial charge in [-0.2, -0.15) is 5.10 Å². The van der Waals surface area contributed by atoms with Crippen LogP contribution in [0.25, 0.3) is 0 Å². The van der Waals surface area contributed by atoms with E-state index in [0.717, 1.165) is 57.2 Å². The van der Waals surface area contributed by atoms with Crippen LogP contribution in [-0.4, -0.2) is 53.4 Å². The first-order chi connectivity index (χ1) is 12.7. The average Bonchev–Trinajstić information content (AvgIpc) is 2.98. The topological polar surface area (TPSA) is 59.4 Å². The maximum absolute atomic E-state index is 12.2. The van der Waals surface area contributed by atoms with Crippen LogP contribution in [0.3, 0.4) is 0 Å². The summed E-state index contributed by atoms with van der Waals surface area (Å²) in [5.74, 6) is 0.914. The van der Waals surface area contributed by atoms with Crippen molar-refractivity contribution < 1.29 is 9.53 Å². The fraction of sp³-hybridized carbons (Fsp3) is 0.800. The van der Waals surface area contributed by atoms with Gasteiger partial charge in [-0.3, -0.25) is 9.48 Å². The minimum atomic E-state index is 0.130. The lowest BCUT2D eigenvalue weighted by atomic mass is 10.0. The largest absolute Gasteiger partial charge is 0.376 e. The van der Waals surface area contributed by atoms with Crippen LogP contribution >= 0.6 is 0 Å². The van der Waals surface area contributed by atoms with Crippen LogP contribution in [0.5, 0.6) is 0 Å². The molecule has 0 radical (unpaired) electrons. The number of ether oxygens (including phenoxy) is 1. The van der Waals surface area contributed by atoms with Crippen LogP contribution in [0.4, 0.5) is 0 Å². The second-order valence-electron chi connectivity index (χ2n) is 7.80. The maximum atomic E-state index is 12.2. The van der Waals surface area contributed by atoms with Crippen molar-refractivity contribution in [1.82, 2.24) is 20.0 Å². The Kier molecular flexibility index (Phi) is 7.08. The van der Waals surface area contributed by atoms with Gasteiger partial charge >= 0.3 is 0 Å². The first-order valence-corrected chi connectivity index (χ1v) is 10.3. The third-order valence-corrected chi connectivity index (χ3v) is 5.49. The number of hydrogen-bond acceptors (Lipinski definition) is 4. The summed E-state index contributed by atoms with van der Waals surface area (Å²) >= 11 is 0. The first kappa shape index (κ1) is 19.4. The van der Waals surface area contributed by atoms with Crippen molar-refractivity contribution in [2.75, 3.05) is 32.8 Å². The van der Waals surface area contributed by atoms with Crippen molar-refractivity contribution in [3.8, 4) is 0 Å². The van der Waals surface area contributed by atoms with Crippen molar-refractivity contribution in [3.63, 3.8) is 0 Å². The lowest BCUT2D eigenvalue weighted by Gasteiger charge is -2.30. The predicted octanol–water partition coefficient (Wildman–Crippen LogP) is 2.15. The number of aryl methyl sites for hydroxylation is 2. The molecule has 2 aliphatic heterocycles. The molecule has 1 aromatic heterocycles. The fourth-order valence-corrected chi connectivity index (χ4v) is 4.14. The van der Waals surface area contributed by atoms with E-state index in [2.05, 4.69) is 28.7 Å². The summed E-state index contributed by atoms with van der Waals surface area (Å²) in [5, 5.41) is 7.84. The predicted molar refractivity (Wildman–Crippen MR) is 102 cm³/mol. The molecule has 1 amide bonds. The molecule has 3 rings (SSSR count). The third kappa shape index (κ3) is 5.07. The summed E-state index contributed by atoms with van der Waals surface area (Å²) in [4.78, 5) is 14.7. The van der Waals surface area contributed by atoms with Crippen molar-refractivity contribution in [3.05, 3.63) is 17.0 Å². The molecule has 2 aliphatic rings. The van der Waals surface area contributed by atoms with Gasteiger partial charge in [0.2, 0.25) is 5.91 Å². The van der Waals surface area contributed by atoms with E-state index in [1.165, 1.54) is 30.6 Å². The van der Waals surface area contributed by atoms with E-state index in [1.54, 1.807) is 0 Å². The average molecular weight is 363 g/mol. The molecule has 0 aliphatic carbocycles. The molecule has 0 spiro atoms. The Morgan fingerprint density at radius 1 is 1.38 bits per heavy atom. The van der Waals surface area contributed by atoms with Gasteiger partial charge in [0.15, 0.2) is 0 Å². The van der Waals surface area contributed by atoms with Gasteiger partial charge < -0.3 is 15.0 Å². The second kappa shape index (κ2) is 9.51. The highest BCUT2D eigenvalue weighted by molar-refractivity contribution is 5.76. The summed E-state index contributed by atoms with van der Waals surface area (Å²) in [7, 11) is 0. The van der Waals surface area contributed by atoms with Gasteiger partial charge in [-0.05, 0) is 31.7 Å². The zero-order valence-corrected chi connectivity index (χ0v) is 16.4. The van der Waals surface area contributed by atoms with Crippen molar-refractivity contribution in [2.24, 2.45) is 5.92 Å². The van der Waals surface area contributed by atoms with Gasteiger partial charge in [0.1, 0.15) is 0 Å². The molecule has 3 heterocycles. The smallest absolute Gasteiger partial charge is 0.220 e. The summed E-state index contributed by atoms with van der Waals surface area (Å²) < 4.78 is 7.74. The van der Waals surface area contributed by atoms with Crippen LogP contribution in [0.1, 0.15) is 56.5 Å². The number of carbonyl (C=O) groups is 1. The van der Waals surface area contributed by atoms with Gasteiger partial charge in [0.05, 0.1) is 18.9 Å². The molecule has 26 heavy (non-hydrogen) atoms. The number of fused-ring (bicyclic) bond motifs is 1. The summed E-state index contributed by atoms with van der Waals surface area (Å²) in [6.45, 7) is 10.9. The zero-order chi connectivity index (χ0) is 18.4. The number of piperidine rings is 1. The number of nitrogens with zero attached hydrogens (tertiary/aromatic N) is 3. The van der Waals surface area contributed by atoms with E-state index < -0.39 is 0 Å². The maximum Gasteiger partial charge on any atom is 0.220 e. The molecular formula is C20H34N4O2. The Balaban J connectivity index is 1.44. The zero-order valence-electron chi connectivity index (χ0n) is 16.4. The molecule has 0 bridgehead atoms. The first-order valence-electron chi connectivity index (χ1n) is 10.3. The lowest BCUT2D eigenvalue weighted by molar-refractivity contribution is -0.121. The van der Waals surface area contributed by atoms with Gasteiger partial charge in [-0.15, -0.1) is 0 Å². The highest BCUT2D eigenvalue weighted by Crippen LogP contribution is 2.22. The Labute approximate surface area is 157 Å². The molecule has 1 fully saturated rings. The lowest BCUT2D eigenvalue weighted by Crippen LogP contribution is -2.40. The number of rotatable bonds is 8. The van der Waals surface area contributed by atoms with Crippen molar-refractivity contribution in [1.29, 1.82) is 0 Å². The second-order valence-corrected chi connectivity index (χ2v) is 7.80. The number of carbonyl (C=O) groups excluding carboxylic acids is 1. The highest BCUT2D eigenvalue weighted by Gasteiger charge is 2.21. The molecular weight excluding hydrogens is 328 g/mol. The molecule has 6 nitrogen and oxygen atoms in total. The molecule has 1 saturated heterocycles. The molecule has 0 saturated carbocycles. The minimum absolute atomic E-state index is 0.130. The Morgan fingerprint density at radius 2 is 2.27 bits per heavy atom. The van der Waals surface area contributed by atoms with Crippen molar-refractivity contribution >= 4 is 5.91 Å². The molecule has 1 atom stereocenters. The van der Waals surface area contributed by atoms with E-state index in [4.69, 9.17) is 9.84 Å². The standard InChI is InChI=1S/C20H34N4O2/c1-3-10-24-19-8-13-26-15-17(19)18(22-24)6-7-20(25)21-9-12-23-11-4-5-16(2)14-23/h16H,3-15H2,1-2H3,(H,21,25). The van der Waals surface area contributed by atoms with Gasteiger partial charge in [0, 0.05) is 56.7 Å². The summed E-state index contributed by atoms with van der Waals surface area (Å²) in [6, 6.07) is 0. The van der Waals surface area contributed by atoms with E-state index in [-0.39, 0.29) is 5.91 Å². The quantitative estimate of drug-likeness (QED) is 0.770. The van der Waals surface area contributed by atoms with Crippen LogP contribution < -0.4 is 5.32 Å². The highest BCUT2D eigenvalue weighted by atomic mass is 16.5. The third-order valence-electron chi connectivity index (χ3n) is 5.49. The molecule has 0 aromatic carbocycles. The summed E-state index contributed by atoms with van der Waals surface area (Å²) in [5.41, 5.74) is 3.58. The van der Waals surface area contributed by atoms with E-state index >= 15 is 0 Å². The van der Waals surface area contributed by atoms with Crippen LogP contribution in [0.2, 0.25) is 0 Å². The minimum Gasteiger partial charge on any atom is -0.376 e. The Hall–Kier alpha value is -1.40. The van der Waals surface area contributed by atoms with Gasteiger partial charge in [-0.1, -0.05) is 13.8 Å². The summed E-state index contributed by atoms with van der Waals surface area (Å²) in [6.07, 6.45) is 5.83. The number of aromatic nitrogens is 2. The van der Waals surface area contributed by atoms with Crippen LogP contribution in [0.15, 0.2) is 0 Å². The van der Waals surface area contributed by atoms with Crippen molar-refractivity contribution in [2.45, 2.75) is 65.5 Å². The normalized spacial score (nSPS) is 20.8. The van der Waals surface area contributed by atoms with E-state index in [1.807, 2.05) is 0 Å². The number of hydrogen-bond donors (Lipinski definition) is 1. The fourth-order valence-electron chi connectivity index (χ4n) is 4.14. The SMILES string of the molecule is CCCn1nc(CCC(=O)NCCN2CCCC(C)C2)c2c1CCOC2. The Morgan fingerprint density at radius 3 is 3.08 bits per heavy atom. The Bertz CT molecular complexity index is 599. The van der Waals surface area contributed by atoms with Crippen LogP contribution in [0, 0.1) is 5.92 Å². The van der Waals surface area contributed by atoms with Gasteiger partial charge in [-0.25, -0.2) is 0 Å². The van der Waals surface area contributed by atoms with Crippen LogP contribution in [-0.2, 0) is 35.5 Å². The van der Waals surface area contributed by atoms with E-state index in [9.17, 15) is 4.79 Å². The number of amides is 1. The molecule has 1 N–H and O–H groups in total. The number of nitrogens with one attached hydrogen (secondary N) is 1. The molecule has 1 aromatic rings. The van der Waals surface area contributed by atoms with Gasteiger partial charge in [0.25, 0.3) is 0 Å².